The number of aromatic nitrogens is 1. The van der Waals surface area contributed by atoms with Crippen molar-refractivity contribution in [1.29, 1.82) is 0 Å². The van der Waals surface area contributed by atoms with E-state index in [1.165, 1.54) is 5.56 Å². The van der Waals surface area contributed by atoms with Gasteiger partial charge >= 0.3 is 0 Å². The zero-order valence-electron chi connectivity index (χ0n) is 13.7. The fourth-order valence-electron chi connectivity index (χ4n) is 2.18. The first kappa shape index (κ1) is 17.1. The van der Waals surface area contributed by atoms with Gasteiger partial charge in [0.2, 0.25) is 0 Å². The zero-order chi connectivity index (χ0) is 15.0. The van der Waals surface area contributed by atoms with Crippen LogP contribution in [-0.2, 0) is 13.1 Å². The van der Waals surface area contributed by atoms with Crippen LogP contribution >= 0.6 is 0 Å². The van der Waals surface area contributed by atoms with E-state index in [0.29, 0.717) is 5.92 Å². The van der Waals surface area contributed by atoms with Crippen LogP contribution in [-0.4, -0.2) is 55.6 Å². The van der Waals surface area contributed by atoms with Crippen LogP contribution in [0.25, 0.3) is 0 Å². The van der Waals surface area contributed by atoms with E-state index in [-0.39, 0.29) is 0 Å². The molecule has 0 spiro atoms. The van der Waals surface area contributed by atoms with E-state index in [9.17, 15) is 0 Å². The van der Waals surface area contributed by atoms with Crippen molar-refractivity contribution in [3.05, 3.63) is 29.6 Å². The molecule has 20 heavy (non-hydrogen) atoms. The van der Waals surface area contributed by atoms with Gasteiger partial charge in [-0.15, -0.1) is 0 Å². The van der Waals surface area contributed by atoms with E-state index in [2.05, 4.69) is 60.2 Å². The topological polar surface area (TPSA) is 31.4 Å². The van der Waals surface area contributed by atoms with Crippen molar-refractivity contribution in [3.63, 3.8) is 0 Å². The van der Waals surface area contributed by atoms with Gasteiger partial charge < -0.3 is 10.2 Å². The van der Waals surface area contributed by atoms with Crippen LogP contribution in [0.3, 0.4) is 0 Å². The second-order valence-corrected chi connectivity index (χ2v) is 6.12. The Morgan fingerprint density at radius 2 is 1.95 bits per heavy atom. The molecule has 0 aliphatic rings. The Labute approximate surface area is 124 Å². The Morgan fingerprint density at radius 1 is 1.20 bits per heavy atom. The van der Waals surface area contributed by atoms with Crippen LogP contribution in [0, 0.1) is 5.92 Å². The quantitative estimate of drug-likeness (QED) is 0.746. The van der Waals surface area contributed by atoms with Crippen LogP contribution in [0.4, 0.5) is 0 Å². The molecule has 0 unspecified atom stereocenters. The molecular weight excluding hydrogens is 248 g/mol. The number of likely N-dealkylation sites (N-methyl/N-ethyl adjacent to an activating group) is 1. The molecule has 0 aliphatic heterocycles. The third-order valence-corrected chi connectivity index (χ3v) is 3.14. The van der Waals surface area contributed by atoms with Crippen molar-refractivity contribution < 1.29 is 0 Å². The van der Waals surface area contributed by atoms with Gasteiger partial charge in [-0.1, -0.05) is 19.9 Å². The maximum atomic E-state index is 4.58. The fraction of sp³-hybridized carbons (Fsp3) is 0.688. The maximum Gasteiger partial charge on any atom is 0.0544 e. The second-order valence-electron chi connectivity index (χ2n) is 6.12. The van der Waals surface area contributed by atoms with Gasteiger partial charge in [0.05, 0.1) is 5.69 Å². The largest absolute Gasteiger partial charge is 0.316 e. The monoisotopic (exact) mass is 278 g/mol. The predicted molar refractivity (Wildman–Crippen MR) is 85.7 cm³/mol. The van der Waals surface area contributed by atoms with Gasteiger partial charge in [-0.3, -0.25) is 9.88 Å². The van der Waals surface area contributed by atoms with Crippen molar-refractivity contribution in [2.24, 2.45) is 5.92 Å². The minimum Gasteiger partial charge on any atom is -0.316 e. The molecule has 0 saturated carbocycles. The lowest BCUT2D eigenvalue weighted by atomic mass is 10.2. The van der Waals surface area contributed by atoms with Crippen molar-refractivity contribution in [3.8, 4) is 0 Å². The number of nitrogens with zero attached hydrogens (tertiary/aromatic N) is 3. The van der Waals surface area contributed by atoms with E-state index >= 15 is 0 Å². The number of nitrogens with one attached hydrogen (secondary N) is 1. The maximum absolute atomic E-state index is 4.58. The first-order valence-electron chi connectivity index (χ1n) is 7.46. The van der Waals surface area contributed by atoms with Crippen LogP contribution in [0.1, 0.15) is 25.1 Å². The minimum absolute atomic E-state index is 0.681. The molecule has 1 aromatic rings. The third kappa shape index (κ3) is 6.98. The van der Waals surface area contributed by atoms with Crippen LogP contribution < -0.4 is 5.32 Å². The summed E-state index contributed by atoms with van der Waals surface area (Å²) in [5.41, 5.74) is 2.39. The molecule has 0 aliphatic carbocycles. The van der Waals surface area contributed by atoms with E-state index in [1.807, 2.05) is 13.2 Å². The van der Waals surface area contributed by atoms with Gasteiger partial charge in [0.1, 0.15) is 0 Å². The highest BCUT2D eigenvalue weighted by molar-refractivity contribution is 5.13. The lowest BCUT2D eigenvalue weighted by Gasteiger charge is -2.25. The fourth-order valence-corrected chi connectivity index (χ4v) is 2.18. The second kappa shape index (κ2) is 9.06. The molecule has 0 fully saturated rings. The summed E-state index contributed by atoms with van der Waals surface area (Å²) < 4.78 is 0. The highest BCUT2D eigenvalue weighted by atomic mass is 15.2. The summed E-state index contributed by atoms with van der Waals surface area (Å²) in [5.74, 6) is 0.681. The van der Waals surface area contributed by atoms with Gasteiger partial charge in [-0.05, 0) is 38.7 Å². The summed E-state index contributed by atoms with van der Waals surface area (Å²) >= 11 is 0. The molecule has 0 amide bonds. The van der Waals surface area contributed by atoms with Gasteiger partial charge in [0.15, 0.2) is 0 Å². The first-order chi connectivity index (χ1) is 9.51. The Kier molecular flexibility index (Phi) is 7.73. The van der Waals surface area contributed by atoms with Gasteiger partial charge in [-0.25, -0.2) is 0 Å². The molecule has 1 heterocycles. The molecule has 0 saturated heterocycles. The third-order valence-electron chi connectivity index (χ3n) is 3.14. The Bertz CT molecular complexity index is 359. The summed E-state index contributed by atoms with van der Waals surface area (Å²) in [6.45, 7) is 9.65. The SMILES string of the molecule is CNCc1ccc(CN(CCN(C)C)CC(C)C)nc1. The van der Waals surface area contributed by atoms with Crippen molar-refractivity contribution >= 4 is 0 Å². The average Bonchev–Trinajstić information content (AvgIpc) is 2.38. The number of hydrogen-bond acceptors (Lipinski definition) is 4. The first-order valence-corrected chi connectivity index (χ1v) is 7.46. The van der Waals surface area contributed by atoms with E-state index in [1.54, 1.807) is 0 Å². The predicted octanol–water partition coefficient (Wildman–Crippen LogP) is 1.82. The van der Waals surface area contributed by atoms with Crippen molar-refractivity contribution in [2.45, 2.75) is 26.9 Å². The minimum atomic E-state index is 0.681. The molecule has 0 atom stereocenters. The van der Waals surface area contributed by atoms with Crippen molar-refractivity contribution in [1.82, 2.24) is 20.1 Å². The molecule has 0 radical (unpaired) electrons. The zero-order valence-corrected chi connectivity index (χ0v) is 13.7. The highest BCUT2D eigenvalue weighted by Gasteiger charge is 2.09. The highest BCUT2D eigenvalue weighted by Crippen LogP contribution is 2.07. The van der Waals surface area contributed by atoms with Crippen LogP contribution in [0.15, 0.2) is 18.3 Å². The summed E-state index contributed by atoms with van der Waals surface area (Å²) in [6, 6.07) is 4.31. The molecule has 4 nitrogen and oxygen atoms in total. The van der Waals surface area contributed by atoms with E-state index in [0.717, 1.165) is 38.4 Å². The molecular formula is C16H30N4. The summed E-state index contributed by atoms with van der Waals surface area (Å²) in [7, 11) is 6.20. The van der Waals surface area contributed by atoms with Crippen molar-refractivity contribution in [2.75, 3.05) is 40.8 Å². The lowest BCUT2D eigenvalue weighted by molar-refractivity contribution is 0.209. The molecule has 114 valence electrons. The van der Waals surface area contributed by atoms with Gasteiger partial charge in [0, 0.05) is 38.9 Å². The van der Waals surface area contributed by atoms with Gasteiger partial charge in [0.25, 0.3) is 0 Å². The normalized spacial score (nSPS) is 11.8. The number of hydrogen-bond donors (Lipinski definition) is 1. The molecule has 0 bridgehead atoms. The molecule has 1 aromatic heterocycles. The Hall–Kier alpha value is -0.970. The number of pyridine rings is 1. The Balaban J connectivity index is 2.58. The van der Waals surface area contributed by atoms with E-state index < -0.39 is 0 Å². The van der Waals surface area contributed by atoms with Crippen LogP contribution in [0.5, 0.6) is 0 Å². The van der Waals surface area contributed by atoms with E-state index in [4.69, 9.17) is 0 Å². The summed E-state index contributed by atoms with van der Waals surface area (Å²) in [4.78, 5) is 9.30. The van der Waals surface area contributed by atoms with Crippen LogP contribution in [0.2, 0.25) is 0 Å². The molecule has 1 N–H and O–H groups in total. The average molecular weight is 278 g/mol. The lowest BCUT2D eigenvalue weighted by Crippen LogP contribution is -2.34. The smallest absolute Gasteiger partial charge is 0.0544 e. The molecule has 4 heteroatoms. The Morgan fingerprint density at radius 3 is 2.45 bits per heavy atom. The van der Waals surface area contributed by atoms with Gasteiger partial charge in [-0.2, -0.15) is 0 Å². The summed E-state index contributed by atoms with van der Waals surface area (Å²) in [6.07, 6.45) is 1.98. The number of rotatable bonds is 9. The summed E-state index contributed by atoms with van der Waals surface area (Å²) in [5, 5.41) is 3.15. The standard InChI is InChI=1S/C16H30N4/c1-14(2)12-20(9-8-19(4)5)13-16-7-6-15(10-17-3)11-18-16/h6-7,11,14,17H,8-10,12-13H2,1-5H3. The molecule has 0 aromatic carbocycles. The molecule has 1 rings (SSSR count).